The quantitative estimate of drug-likeness (QED) is 0.655. The molecule has 0 aliphatic rings. The first-order valence-corrected chi connectivity index (χ1v) is 6.58. The van der Waals surface area contributed by atoms with Gasteiger partial charge in [-0.2, -0.15) is 11.3 Å². The SMILES string of the molecule is COCCCCCNCCc1ccsc1. The number of hydrogen-bond donors (Lipinski definition) is 1. The van der Waals surface area contributed by atoms with Crippen molar-refractivity contribution in [1.82, 2.24) is 5.32 Å². The minimum absolute atomic E-state index is 0.898. The van der Waals surface area contributed by atoms with Gasteiger partial charge in [0, 0.05) is 13.7 Å². The second kappa shape index (κ2) is 8.89. The van der Waals surface area contributed by atoms with Gasteiger partial charge in [-0.1, -0.05) is 0 Å². The standard InChI is InChI=1S/C12H21NOS/c1-14-9-4-2-3-7-13-8-5-12-6-10-15-11-12/h6,10-11,13H,2-5,7-9H2,1H3. The molecule has 0 atom stereocenters. The van der Waals surface area contributed by atoms with E-state index in [2.05, 4.69) is 22.1 Å². The summed E-state index contributed by atoms with van der Waals surface area (Å²) in [6, 6.07) is 2.20. The summed E-state index contributed by atoms with van der Waals surface area (Å²) in [5.74, 6) is 0. The van der Waals surface area contributed by atoms with Crippen LogP contribution in [0, 0.1) is 0 Å². The highest BCUT2D eigenvalue weighted by molar-refractivity contribution is 7.07. The van der Waals surface area contributed by atoms with Crippen LogP contribution in [0.15, 0.2) is 16.8 Å². The Bertz CT molecular complexity index is 224. The van der Waals surface area contributed by atoms with Gasteiger partial charge in [-0.3, -0.25) is 0 Å². The molecule has 1 N–H and O–H groups in total. The molecule has 15 heavy (non-hydrogen) atoms. The van der Waals surface area contributed by atoms with E-state index in [9.17, 15) is 0 Å². The highest BCUT2D eigenvalue weighted by Crippen LogP contribution is 2.05. The molecule has 0 amide bonds. The summed E-state index contributed by atoms with van der Waals surface area (Å²) in [6.07, 6.45) is 4.86. The highest BCUT2D eigenvalue weighted by atomic mass is 32.1. The van der Waals surface area contributed by atoms with Crippen LogP contribution in [0.1, 0.15) is 24.8 Å². The maximum absolute atomic E-state index is 5.00. The lowest BCUT2D eigenvalue weighted by atomic mass is 10.2. The molecule has 0 unspecified atom stereocenters. The Balaban J connectivity index is 1.81. The van der Waals surface area contributed by atoms with Crippen molar-refractivity contribution in [3.8, 4) is 0 Å². The molecule has 1 aromatic heterocycles. The van der Waals surface area contributed by atoms with Crippen molar-refractivity contribution in [2.24, 2.45) is 0 Å². The molecule has 1 aromatic rings. The number of thiophene rings is 1. The summed E-state index contributed by atoms with van der Waals surface area (Å²) < 4.78 is 5.00. The summed E-state index contributed by atoms with van der Waals surface area (Å²) in [5.41, 5.74) is 1.45. The summed E-state index contributed by atoms with van der Waals surface area (Å²) in [7, 11) is 1.76. The lowest BCUT2D eigenvalue weighted by Crippen LogP contribution is -2.18. The summed E-state index contributed by atoms with van der Waals surface area (Å²) in [6.45, 7) is 3.13. The Morgan fingerprint density at radius 1 is 1.27 bits per heavy atom. The van der Waals surface area contributed by atoms with Crippen LogP contribution in [0.2, 0.25) is 0 Å². The number of hydrogen-bond acceptors (Lipinski definition) is 3. The van der Waals surface area contributed by atoms with Crippen molar-refractivity contribution >= 4 is 11.3 Å². The molecule has 0 aliphatic carbocycles. The Labute approximate surface area is 96.7 Å². The molecule has 86 valence electrons. The summed E-state index contributed by atoms with van der Waals surface area (Å²) in [5, 5.41) is 7.83. The molecule has 0 bridgehead atoms. The average Bonchev–Trinajstić information content (AvgIpc) is 2.75. The van der Waals surface area contributed by atoms with Gasteiger partial charge in [0.2, 0.25) is 0 Å². The Kier molecular flexibility index (Phi) is 7.52. The van der Waals surface area contributed by atoms with E-state index >= 15 is 0 Å². The van der Waals surface area contributed by atoms with Crippen molar-refractivity contribution < 1.29 is 4.74 Å². The number of ether oxygens (including phenoxy) is 1. The van der Waals surface area contributed by atoms with Gasteiger partial charge in [0.25, 0.3) is 0 Å². The average molecular weight is 227 g/mol. The van der Waals surface area contributed by atoms with Crippen molar-refractivity contribution in [2.45, 2.75) is 25.7 Å². The predicted octanol–water partition coefficient (Wildman–Crippen LogP) is 2.70. The number of unbranched alkanes of at least 4 members (excludes halogenated alkanes) is 2. The summed E-state index contributed by atoms with van der Waals surface area (Å²) in [4.78, 5) is 0. The zero-order valence-corrected chi connectivity index (χ0v) is 10.3. The molecule has 3 heteroatoms. The molecule has 2 nitrogen and oxygen atoms in total. The van der Waals surface area contributed by atoms with Crippen LogP contribution >= 0.6 is 11.3 Å². The molecule has 0 spiro atoms. The van der Waals surface area contributed by atoms with Gasteiger partial charge < -0.3 is 10.1 Å². The smallest absolute Gasteiger partial charge is 0.0462 e. The number of methoxy groups -OCH3 is 1. The molecular formula is C12H21NOS. The first-order valence-electron chi connectivity index (χ1n) is 5.64. The minimum atomic E-state index is 0.898. The monoisotopic (exact) mass is 227 g/mol. The number of rotatable bonds is 9. The molecule has 1 heterocycles. The minimum Gasteiger partial charge on any atom is -0.385 e. The first kappa shape index (κ1) is 12.7. The molecule has 0 radical (unpaired) electrons. The van der Waals surface area contributed by atoms with E-state index in [4.69, 9.17) is 4.74 Å². The third-order valence-corrected chi connectivity index (χ3v) is 3.10. The topological polar surface area (TPSA) is 21.3 Å². The normalized spacial score (nSPS) is 10.7. The maximum Gasteiger partial charge on any atom is 0.0462 e. The van der Waals surface area contributed by atoms with Gasteiger partial charge in [0.15, 0.2) is 0 Å². The molecule has 0 saturated heterocycles. The predicted molar refractivity (Wildman–Crippen MR) is 66.6 cm³/mol. The lowest BCUT2D eigenvalue weighted by molar-refractivity contribution is 0.192. The van der Waals surface area contributed by atoms with E-state index in [0.717, 1.165) is 26.1 Å². The van der Waals surface area contributed by atoms with Crippen molar-refractivity contribution in [1.29, 1.82) is 0 Å². The zero-order valence-electron chi connectivity index (χ0n) is 9.50. The Hall–Kier alpha value is -0.380. The second-order valence-electron chi connectivity index (χ2n) is 3.69. The zero-order chi connectivity index (χ0) is 10.8. The van der Waals surface area contributed by atoms with E-state index in [1.165, 1.54) is 24.8 Å². The number of nitrogens with one attached hydrogen (secondary N) is 1. The fourth-order valence-electron chi connectivity index (χ4n) is 1.47. The van der Waals surface area contributed by atoms with Gasteiger partial charge in [-0.15, -0.1) is 0 Å². The van der Waals surface area contributed by atoms with E-state index in [1.54, 1.807) is 18.4 Å². The van der Waals surface area contributed by atoms with Crippen LogP contribution < -0.4 is 5.32 Å². The van der Waals surface area contributed by atoms with E-state index in [1.807, 2.05) is 0 Å². The fraction of sp³-hybridized carbons (Fsp3) is 0.667. The van der Waals surface area contributed by atoms with Gasteiger partial charge in [-0.25, -0.2) is 0 Å². The Morgan fingerprint density at radius 2 is 2.20 bits per heavy atom. The van der Waals surface area contributed by atoms with Gasteiger partial charge >= 0.3 is 0 Å². The summed E-state index contributed by atoms with van der Waals surface area (Å²) >= 11 is 1.78. The van der Waals surface area contributed by atoms with Crippen LogP contribution in [-0.2, 0) is 11.2 Å². The highest BCUT2D eigenvalue weighted by Gasteiger charge is 1.93. The van der Waals surface area contributed by atoms with Gasteiger partial charge in [0.05, 0.1) is 0 Å². The second-order valence-corrected chi connectivity index (χ2v) is 4.47. The van der Waals surface area contributed by atoms with Crippen molar-refractivity contribution in [2.75, 3.05) is 26.8 Å². The van der Waals surface area contributed by atoms with E-state index in [-0.39, 0.29) is 0 Å². The van der Waals surface area contributed by atoms with Crippen LogP contribution in [0.4, 0.5) is 0 Å². The first-order chi connectivity index (χ1) is 7.43. The largest absolute Gasteiger partial charge is 0.385 e. The van der Waals surface area contributed by atoms with Gasteiger partial charge in [-0.05, 0) is 61.2 Å². The van der Waals surface area contributed by atoms with Crippen molar-refractivity contribution in [3.05, 3.63) is 22.4 Å². The van der Waals surface area contributed by atoms with Crippen molar-refractivity contribution in [3.63, 3.8) is 0 Å². The molecular weight excluding hydrogens is 206 g/mol. The molecule has 1 rings (SSSR count). The van der Waals surface area contributed by atoms with Crippen LogP contribution in [0.25, 0.3) is 0 Å². The lowest BCUT2D eigenvalue weighted by Gasteiger charge is -2.03. The third kappa shape index (κ3) is 6.66. The maximum atomic E-state index is 5.00. The van der Waals surface area contributed by atoms with Crippen LogP contribution in [-0.4, -0.2) is 26.8 Å². The molecule has 0 aromatic carbocycles. The fourth-order valence-corrected chi connectivity index (χ4v) is 2.17. The van der Waals surface area contributed by atoms with E-state index < -0.39 is 0 Å². The molecule has 0 fully saturated rings. The van der Waals surface area contributed by atoms with Crippen LogP contribution in [0.5, 0.6) is 0 Å². The van der Waals surface area contributed by atoms with E-state index in [0.29, 0.717) is 0 Å². The molecule has 0 aliphatic heterocycles. The third-order valence-electron chi connectivity index (χ3n) is 2.37. The molecule has 0 saturated carbocycles. The Morgan fingerprint density at radius 3 is 2.93 bits per heavy atom. The van der Waals surface area contributed by atoms with Crippen LogP contribution in [0.3, 0.4) is 0 Å². The van der Waals surface area contributed by atoms with Gasteiger partial charge in [0.1, 0.15) is 0 Å².